The van der Waals surface area contributed by atoms with Crippen molar-refractivity contribution in [2.45, 2.75) is 40.5 Å². The van der Waals surface area contributed by atoms with Crippen molar-refractivity contribution in [2.24, 2.45) is 17.3 Å². The number of hydrogen-bond acceptors (Lipinski definition) is 2. The molecule has 4 heteroatoms. The van der Waals surface area contributed by atoms with Gasteiger partial charge in [0.05, 0.1) is 0 Å². The average Bonchev–Trinajstić information content (AvgIpc) is 3.03. The Bertz CT molecular complexity index is 268. The molecule has 1 rings (SSSR count). The SMILES string of the molecule is CC(C)CNC(=O)C1(C(=O)NCC(C)C)CC1. The summed E-state index contributed by atoms with van der Waals surface area (Å²) in [5, 5.41) is 5.71. The molecule has 0 heterocycles. The smallest absolute Gasteiger partial charge is 0.235 e. The number of carbonyl (C=O) groups is 2. The van der Waals surface area contributed by atoms with Gasteiger partial charge >= 0.3 is 0 Å². The molecule has 0 atom stereocenters. The van der Waals surface area contributed by atoms with E-state index in [1.807, 2.05) is 27.7 Å². The van der Waals surface area contributed by atoms with E-state index in [1.165, 1.54) is 0 Å². The van der Waals surface area contributed by atoms with Crippen molar-refractivity contribution >= 4 is 11.8 Å². The maximum absolute atomic E-state index is 11.9. The van der Waals surface area contributed by atoms with Crippen LogP contribution in [-0.4, -0.2) is 24.9 Å². The largest absolute Gasteiger partial charge is 0.355 e. The molecule has 1 aliphatic carbocycles. The first-order valence-corrected chi connectivity index (χ1v) is 6.45. The highest BCUT2D eigenvalue weighted by Crippen LogP contribution is 2.46. The van der Waals surface area contributed by atoms with E-state index >= 15 is 0 Å². The number of amides is 2. The van der Waals surface area contributed by atoms with E-state index in [9.17, 15) is 9.59 Å². The number of carbonyl (C=O) groups excluding carboxylic acids is 2. The Morgan fingerprint density at radius 2 is 1.29 bits per heavy atom. The molecule has 0 bridgehead atoms. The zero-order valence-electron chi connectivity index (χ0n) is 11.3. The monoisotopic (exact) mass is 240 g/mol. The van der Waals surface area contributed by atoms with E-state index in [0.717, 1.165) is 0 Å². The highest BCUT2D eigenvalue weighted by Gasteiger charge is 2.56. The summed E-state index contributed by atoms with van der Waals surface area (Å²) in [5.74, 6) is 0.613. The van der Waals surface area contributed by atoms with Crippen molar-refractivity contribution in [3.05, 3.63) is 0 Å². The fourth-order valence-corrected chi connectivity index (χ4v) is 1.61. The molecule has 17 heavy (non-hydrogen) atoms. The van der Waals surface area contributed by atoms with Gasteiger partial charge in [0.25, 0.3) is 0 Å². The van der Waals surface area contributed by atoms with Crippen LogP contribution >= 0.6 is 0 Å². The Labute approximate surface area is 104 Å². The van der Waals surface area contributed by atoms with Gasteiger partial charge in [0.1, 0.15) is 5.41 Å². The first kappa shape index (κ1) is 14.0. The van der Waals surface area contributed by atoms with Gasteiger partial charge in [0.15, 0.2) is 0 Å². The van der Waals surface area contributed by atoms with Crippen LogP contribution < -0.4 is 10.6 Å². The first-order chi connectivity index (χ1) is 7.88. The summed E-state index contributed by atoms with van der Waals surface area (Å²) < 4.78 is 0. The van der Waals surface area contributed by atoms with Crippen molar-refractivity contribution in [3.8, 4) is 0 Å². The van der Waals surface area contributed by atoms with Gasteiger partial charge in [-0.2, -0.15) is 0 Å². The number of hydrogen-bond donors (Lipinski definition) is 2. The molecule has 2 N–H and O–H groups in total. The molecule has 0 aromatic rings. The summed E-state index contributed by atoms with van der Waals surface area (Å²) in [4.78, 5) is 23.9. The Morgan fingerprint density at radius 1 is 0.941 bits per heavy atom. The third-order valence-electron chi connectivity index (χ3n) is 2.96. The highest BCUT2D eigenvalue weighted by atomic mass is 16.2. The van der Waals surface area contributed by atoms with Gasteiger partial charge in [-0.15, -0.1) is 0 Å². The van der Waals surface area contributed by atoms with E-state index in [-0.39, 0.29) is 11.8 Å². The van der Waals surface area contributed by atoms with Crippen LogP contribution in [0.3, 0.4) is 0 Å². The molecular weight excluding hydrogens is 216 g/mol. The molecular formula is C13H24N2O2. The van der Waals surface area contributed by atoms with E-state index in [2.05, 4.69) is 10.6 Å². The lowest BCUT2D eigenvalue weighted by molar-refractivity contribution is -0.137. The van der Waals surface area contributed by atoms with Crippen LogP contribution in [0.15, 0.2) is 0 Å². The minimum atomic E-state index is -0.760. The molecule has 0 radical (unpaired) electrons. The third-order valence-corrected chi connectivity index (χ3v) is 2.96. The van der Waals surface area contributed by atoms with Crippen molar-refractivity contribution in [1.82, 2.24) is 10.6 Å². The molecule has 1 aliphatic rings. The van der Waals surface area contributed by atoms with E-state index in [1.54, 1.807) is 0 Å². The second-order valence-corrected chi connectivity index (χ2v) is 5.79. The topological polar surface area (TPSA) is 58.2 Å². The molecule has 1 fully saturated rings. The Hall–Kier alpha value is -1.06. The molecule has 1 saturated carbocycles. The van der Waals surface area contributed by atoms with E-state index in [0.29, 0.717) is 37.8 Å². The van der Waals surface area contributed by atoms with Crippen molar-refractivity contribution < 1.29 is 9.59 Å². The van der Waals surface area contributed by atoms with Crippen molar-refractivity contribution in [3.63, 3.8) is 0 Å². The summed E-state index contributed by atoms with van der Waals surface area (Å²) in [6.45, 7) is 9.44. The van der Waals surface area contributed by atoms with Crippen LogP contribution in [0.1, 0.15) is 40.5 Å². The highest BCUT2D eigenvalue weighted by molar-refractivity contribution is 6.07. The Balaban J connectivity index is 2.45. The van der Waals surface area contributed by atoms with Gasteiger partial charge < -0.3 is 10.6 Å². The van der Waals surface area contributed by atoms with Crippen LogP contribution in [0, 0.1) is 17.3 Å². The second-order valence-electron chi connectivity index (χ2n) is 5.79. The zero-order chi connectivity index (χ0) is 13.1. The summed E-state index contributed by atoms with van der Waals surface area (Å²) >= 11 is 0. The minimum absolute atomic E-state index is 0.104. The third kappa shape index (κ3) is 3.72. The number of rotatable bonds is 6. The van der Waals surface area contributed by atoms with Gasteiger partial charge in [0.2, 0.25) is 11.8 Å². The fourth-order valence-electron chi connectivity index (χ4n) is 1.61. The standard InChI is InChI=1S/C13H24N2O2/c1-9(2)7-14-11(16)13(5-6-13)12(17)15-8-10(3)4/h9-10H,5-8H2,1-4H3,(H,14,16)(H,15,17). The van der Waals surface area contributed by atoms with Crippen molar-refractivity contribution in [1.29, 1.82) is 0 Å². The summed E-state index contributed by atoms with van der Waals surface area (Å²) in [5.41, 5.74) is -0.760. The Morgan fingerprint density at radius 3 is 1.53 bits per heavy atom. The molecule has 0 aliphatic heterocycles. The molecule has 0 aromatic carbocycles. The summed E-state index contributed by atoms with van der Waals surface area (Å²) in [6, 6.07) is 0. The molecule has 0 spiro atoms. The maximum Gasteiger partial charge on any atom is 0.235 e. The molecule has 4 nitrogen and oxygen atoms in total. The second kappa shape index (κ2) is 5.52. The van der Waals surface area contributed by atoms with Crippen molar-refractivity contribution in [2.75, 3.05) is 13.1 Å². The Kier molecular flexibility index (Phi) is 4.54. The lowest BCUT2D eigenvalue weighted by Crippen LogP contribution is -2.44. The van der Waals surface area contributed by atoms with Crippen LogP contribution in [0.25, 0.3) is 0 Å². The van der Waals surface area contributed by atoms with Crippen LogP contribution in [0.5, 0.6) is 0 Å². The van der Waals surface area contributed by atoms with Crippen LogP contribution in [-0.2, 0) is 9.59 Å². The molecule has 0 unspecified atom stereocenters. The lowest BCUT2D eigenvalue weighted by Gasteiger charge is -2.17. The van der Waals surface area contributed by atoms with E-state index < -0.39 is 5.41 Å². The molecule has 0 saturated heterocycles. The van der Waals surface area contributed by atoms with Crippen LogP contribution in [0.4, 0.5) is 0 Å². The summed E-state index contributed by atoms with van der Waals surface area (Å²) in [7, 11) is 0. The lowest BCUT2D eigenvalue weighted by atomic mass is 10.0. The zero-order valence-corrected chi connectivity index (χ0v) is 11.3. The first-order valence-electron chi connectivity index (χ1n) is 6.45. The number of nitrogens with one attached hydrogen (secondary N) is 2. The normalized spacial score (nSPS) is 17.1. The molecule has 2 amide bonds. The predicted octanol–water partition coefficient (Wildman–Crippen LogP) is 1.31. The predicted molar refractivity (Wildman–Crippen MR) is 67.4 cm³/mol. The minimum Gasteiger partial charge on any atom is -0.355 e. The van der Waals surface area contributed by atoms with Gasteiger partial charge in [-0.1, -0.05) is 27.7 Å². The average molecular weight is 240 g/mol. The van der Waals surface area contributed by atoms with E-state index in [4.69, 9.17) is 0 Å². The maximum atomic E-state index is 11.9. The van der Waals surface area contributed by atoms with Gasteiger partial charge in [-0.3, -0.25) is 9.59 Å². The molecule has 98 valence electrons. The van der Waals surface area contributed by atoms with Gasteiger partial charge in [0, 0.05) is 13.1 Å². The summed E-state index contributed by atoms with van der Waals surface area (Å²) in [6.07, 6.45) is 1.36. The molecule has 0 aromatic heterocycles. The fraction of sp³-hybridized carbons (Fsp3) is 0.846. The quantitative estimate of drug-likeness (QED) is 0.688. The van der Waals surface area contributed by atoms with Gasteiger partial charge in [-0.05, 0) is 24.7 Å². The van der Waals surface area contributed by atoms with Crippen LogP contribution in [0.2, 0.25) is 0 Å². The van der Waals surface area contributed by atoms with Gasteiger partial charge in [-0.25, -0.2) is 0 Å².